The summed E-state index contributed by atoms with van der Waals surface area (Å²) in [5, 5.41) is 2.33. The van der Waals surface area contributed by atoms with Crippen LogP contribution in [-0.4, -0.2) is 55.5 Å². The van der Waals surface area contributed by atoms with E-state index in [4.69, 9.17) is 21.9 Å². The van der Waals surface area contributed by atoms with E-state index in [2.05, 4.69) is 19.7 Å². The van der Waals surface area contributed by atoms with E-state index in [-0.39, 0.29) is 29.6 Å². The second-order valence-corrected chi connectivity index (χ2v) is 8.57. The zero-order valence-electron chi connectivity index (χ0n) is 14.8. The Balaban J connectivity index is 0.00000392. The summed E-state index contributed by atoms with van der Waals surface area (Å²) >= 11 is 2.87. The van der Waals surface area contributed by atoms with E-state index in [0.29, 0.717) is 23.2 Å². The quantitative estimate of drug-likeness (QED) is 0.156. The smallest absolute Gasteiger partial charge is 0.354 e. The molecule has 12 nitrogen and oxygen atoms in total. The third kappa shape index (κ3) is 6.08. The largest absolute Gasteiger partial charge is 0.462 e. The third-order valence-electron chi connectivity index (χ3n) is 2.98. The van der Waals surface area contributed by atoms with E-state index >= 15 is 0 Å². The number of thioether (sulfide) groups is 1. The van der Waals surface area contributed by atoms with Gasteiger partial charge >= 0.3 is 5.97 Å². The zero-order valence-corrected chi connectivity index (χ0v) is 17.3. The van der Waals surface area contributed by atoms with E-state index in [1.54, 1.807) is 6.92 Å². The Morgan fingerprint density at radius 2 is 2.14 bits per heavy atom. The van der Waals surface area contributed by atoms with Gasteiger partial charge in [0.05, 0.1) is 18.8 Å². The number of hydrogen-bond acceptors (Lipinski definition) is 10. The highest BCUT2D eigenvalue weighted by molar-refractivity contribution is 7.98. The van der Waals surface area contributed by atoms with Gasteiger partial charge in [0.15, 0.2) is 16.7 Å². The number of ether oxygens (including phenoxy) is 1. The Labute approximate surface area is 169 Å². The van der Waals surface area contributed by atoms with Gasteiger partial charge in [-0.1, -0.05) is 0 Å². The summed E-state index contributed by atoms with van der Waals surface area (Å²) in [6, 6.07) is 0. The molecule has 15 heteroatoms. The van der Waals surface area contributed by atoms with Crippen molar-refractivity contribution in [2.24, 2.45) is 27.2 Å². The number of esters is 1. The second-order valence-electron chi connectivity index (χ2n) is 5.01. The van der Waals surface area contributed by atoms with Crippen LogP contribution < -0.4 is 21.9 Å². The Bertz CT molecular complexity index is 903. The molecule has 0 saturated heterocycles. The molecular weight excluding hydrogens is 430 g/mol. The van der Waals surface area contributed by atoms with Crippen LogP contribution in [0.5, 0.6) is 0 Å². The van der Waals surface area contributed by atoms with Gasteiger partial charge in [0.1, 0.15) is 5.70 Å². The normalized spacial score (nSPS) is 16.4. The first-order valence-corrected chi connectivity index (χ1v) is 11.1. The first-order valence-electron chi connectivity index (χ1n) is 7.61. The van der Waals surface area contributed by atoms with E-state index in [1.807, 2.05) is 5.38 Å². The molecule has 1 aliphatic heterocycles. The minimum Gasteiger partial charge on any atom is -0.462 e. The van der Waals surface area contributed by atoms with Crippen molar-refractivity contribution in [1.82, 2.24) is 9.71 Å². The molecule has 1 aliphatic rings. The van der Waals surface area contributed by atoms with Gasteiger partial charge in [-0.25, -0.2) is 18.2 Å². The molecule has 28 heavy (non-hydrogen) atoms. The lowest BCUT2D eigenvalue weighted by atomic mass is 10.4. The lowest BCUT2D eigenvalue weighted by molar-refractivity contribution is -0.137. The number of aromatic nitrogens is 1. The SMILES string of the molecule is CCOC(=O)C1=C(N)C(=NCCSCc2csc(N=C(N)N)n2)NS1(=O)=O.O. The molecule has 0 aromatic carbocycles. The molecule has 0 bridgehead atoms. The highest BCUT2D eigenvalue weighted by Crippen LogP contribution is 2.22. The van der Waals surface area contributed by atoms with Crippen LogP contribution in [-0.2, 0) is 25.3 Å². The van der Waals surface area contributed by atoms with Crippen molar-refractivity contribution in [1.29, 1.82) is 0 Å². The van der Waals surface area contributed by atoms with Crippen LogP contribution in [0.15, 0.2) is 26.0 Å². The third-order valence-corrected chi connectivity index (χ3v) is 6.12. The van der Waals surface area contributed by atoms with Gasteiger partial charge < -0.3 is 27.4 Å². The highest BCUT2D eigenvalue weighted by atomic mass is 32.2. The Hall–Kier alpha value is -2.36. The van der Waals surface area contributed by atoms with E-state index in [9.17, 15) is 13.2 Å². The summed E-state index contributed by atoms with van der Waals surface area (Å²) in [5.74, 6) is 0.102. The molecule has 0 radical (unpaired) electrons. The van der Waals surface area contributed by atoms with Gasteiger partial charge in [0.25, 0.3) is 10.0 Å². The molecule has 0 amide bonds. The van der Waals surface area contributed by atoms with Crippen molar-refractivity contribution < 1.29 is 23.4 Å². The van der Waals surface area contributed by atoms with Gasteiger partial charge in [-0.3, -0.25) is 9.71 Å². The maximum Gasteiger partial charge on any atom is 0.354 e. The van der Waals surface area contributed by atoms with Crippen LogP contribution in [0, 0.1) is 0 Å². The molecule has 0 unspecified atom stereocenters. The topological polar surface area (TPSA) is 220 Å². The van der Waals surface area contributed by atoms with Crippen LogP contribution in [0.2, 0.25) is 0 Å². The fourth-order valence-electron chi connectivity index (χ4n) is 1.94. The van der Waals surface area contributed by atoms with E-state index < -0.39 is 20.9 Å². The molecule has 0 saturated carbocycles. The molecule has 0 atom stereocenters. The summed E-state index contributed by atoms with van der Waals surface area (Å²) in [5.41, 5.74) is 16.9. The highest BCUT2D eigenvalue weighted by Gasteiger charge is 2.38. The Kier molecular flexibility index (Phi) is 8.67. The number of carbonyl (C=O) groups is 1. The number of rotatable bonds is 8. The van der Waals surface area contributed by atoms with Crippen molar-refractivity contribution >= 4 is 56.0 Å². The fourth-order valence-corrected chi connectivity index (χ4v) is 4.67. The second kappa shape index (κ2) is 10.3. The van der Waals surface area contributed by atoms with Gasteiger partial charge in [0, 0.05) is 16.9 Å². The number of hydrogen-bond donors (Lipinski definition) is 4. The lowest BCUT2D eigenvalue weighted by Gasteiger charge is -2.01. The number of thiazole rings is 1. The van der Waals surface area contributed by atoms with Crippen molar-refractivity contribution in [2.75, 3.05) is 18.9 Å². The number of carbonyl (C=O) groups excluding carboxylic acids is 1. The predicted molar refractivity (Wildman–Crippen MR) is 110 cm³/mol. The number of nitrogens with zero attached hydrogens (tertiary/aromatic N) is 3. The predicted octanol–water partition coefficient (Wildman–Crippen LogP) is -1.48. The number of sulfonamides is 1. The van der Waals surface area contributed by atoms with Crippen LogP contribution in [0.25, 0.3) is 0 Å². The lowest BCUT2D eigenvalue weighted by Crippen LogP contribution is -2.26. The molecule has 2 heterocycles. The van der Waals surface area contributed by atoms with Crippen LogP contribution >= 0.6 is 23.1 Å². The Morgan fingerprint density at radius 1 is 1.43 bits per heavy atom. The van der Waals surface area contributed by atoms with Crippen LogP contribution in [0.4, 0.5) is 5.13 Å². The molecule has 1 aromatic heterocycles. The van der Waals surface area contributed by atoms with Gasteiger partial charge in [-0.2, -0.15) is 16.8 Å². The van der Waals surface area contributed by atoms with Crippen molar-refractivity contribution in [3.8, 4) is 0 Å². The summed E-state index contributed by atoms with van der Waals surface area (Å²) in [6.07, 6.45) is 0. The minimum absolute atomic E-state index is 0. The van der Waals surface area contributed by atoms with Gasteiger partial charge in [-0.05, 0) is 6.92 Å². The summed E-state index contributed by atoms with van der Waals surface area (Å²) in [4.78, 5) is 23.4. The van der Waals surface area contributed by atoms with Crippen LogP contribution in [0.1, 0.15) is 12.6 Å². The summed E-state index contributed by atoms with van der Waals surface area (Å²) in [6.45, 7) is 1.90. The molecule has 156 valence electrons. The molecule has 1 aromatic rings. The van der Waals surface area contributed by atoms with Crippen LogP contribution in [0.3, 0.4) is 0 Å². The maximum atomic E-state index is 12.0. The van der Waals surface area contributed by atoms with Crippen molar-refractivity contribution in [2.45, 2.75) is 12.7 Å². The number of aliphatic imine (C=N–C) groups is 2. The van der Waals surface area contributed by atoms with Gasteiger partial charge in [0.2, 0.25) is 5.13 Å². The summed E-state index contributed by atoms with van der Waals surface area (Å²) in [7, 11) is -4.05. The Morgan fingerprint density at radius 3 is 2.79 bits per heavy atom. The fraction of sp³-hybridized carbons (Fsp3) is 0.385. The molecular formula is C13H21N7O5S3. The van der Waals surface area contributed by atoms with E-state index in [0.717, 1.165) is 5.69 Å². The standard InChI is InChI=1S/C13H19N7O4S3.H2O/c1-2-24-11(21)9-8(14)10(20-27(9,22)23)17-3-4-25-5-7-6-26-13(18-7)19-12(15)16;/h6H,2-5,14H2,1H3,(H,17,20)(H4,15,16,18,19);1H2. The van der Waals surface area contributed by atoms with Crippen molar-refractivity contribution in [3.63, 3.8) is 0 Å². The molecule has 2 rings (SSSR count). The number of nitrogens with two attached hydrogens (primary N) is 3. The van der Waals surface area contributed by atoms with Gasteiger partial charge in [-0.15, -0.1) is 11.3 Å². The number of amidine groups is 1. The number of nitrogens with one attached hydrogen (secondary N) is 1. The molecule has 0 fully saturated rings. The first-order chi connectivity index (χ1) is 12.7. The van der Waals surface area contributed by atoms with E-state index in [1.165, 1.54) is 23.1 Å². The first kappa shape index (κ1) is 23.7. The minimum atomic E-state index is -4.05. The number of guanidine groups is 1. The molecule has 9 N–H and O–H groups in total. The molecule has 0 aliphatic carbocycles. The van der Waals surface area contributed by atoms with Crippen molar-refractivity contribution in [3.05, 3.63) is 21.7 Å². The average Bonchev–Trinajstić information content (AvgIpc) is 3.08. The summed E-state index contributed by atoms with van der Waals surface area (Å²) < 4.78 is 30.8. The molecule has 0 spiro atoms. The maximum absolute atomic E-state index is 12.0. The zero-order chi connectivity index (χ0) is 20.0. The monoisotopic (exact) mass is 451 g/mol. The average molecular weight is 452 g/mol.